The van der Waals surface area contributed by atoms with Gasteiger partial charge >= 0.3 is 0 Å². The van der Waals surface area contributed by atoms with E-state index in [0.717, 1.165) is 58.1 Å². The van der Waals surface area contributed by atoms with Crippen LogP contribution in [0.1, 0.15) is 38.5 Å². The molecule has 0 atom stereocenters. The highest BCUT2D eigenvalue weighted by Crippen LogP contribution is 2.27. The van der Waals surface area contributed by atoms with Crippen molar-refractivity contribution in [1.82, 2.24) is 29.4 Å². The second-order valence-electron chi connectivity index (χ2n) is 8.19. The molecule has 2 saturated heterocycles. The number of nitrogens with zero attached hydrogens (tertiary/aromatic N) is 8. The molecule has 9 nitrogen and oxygen atoms in total. The molecule has 5 rings (SSSR count). The Morgan fingerprint density at radius 1 is 0.793 bits per heavy atom. The molecular weight excluding hydrogens is 368 g/mol. The predicted molar refractivity (Wildman–Crippen MR) is 109 cm³/mol. The molecule has 0 unspecified atom stereocenters. The quantitative estimate of drug-likeness (QED) is 0.774. The summed E-state index contributed by atoms with van der Waals surface area (Å²) in [4.78, 5) is 37.5. The van der Waals surface area contributed by atoms with Crippen LogP contribution < -0.4 is 9.80 Å². The fourth-order valence-corrected chi connectivity index (χ4v) is 4.59. The van der Waals surface area contributed by atoms with Gasteiger partial charge in [-0.3, -0.25) is 9.36 Å². The second kappa shape index (κ2) is 7.96. The molecule has 1 amide bonds. The van der Waals surface area contributed by atoms with Crippen LogP contribution in [0.3, 0.4) is 0 Å². The van der Waals surface area contributed by atoms with Gasteiger partial charge in [-0.05, 0) is 25.7 Å². The number of anilines is 2. The van der Waals surface area contributed by atoms with Crippen LogP contribution in [-0.4, -0.2) is 74.6 Å². The molecule has 2 aromatic rings. The molecule has 2 aliphatic heterocycles. The van der Waals surface area contributed by atoms with Crippen molar-refractivity contribution in [2.24, 2.45) is 5.92 Å². The minimum atomic E-state index is 0.244. The molecule has 154 valence electrons. The zero-order valence-electron chi connectivity index (χ0n) is 16.8. The monoisotopic (exact) mass is 396 g/mol. The molecule has 0 aromatic carbocycles. The predicted octanol–water partition coefficient (Wildman–Crippen LogP) is 1.50. The van der Waals surface area contributed by atoms with Gasteiger partial charge in [-0.25, -0.2) is 4.98 Å². The van der Waals surface area contributed by atoms with E-state index >= 15 is 0 Å². The first-order chi connectivity index (χ1) is 14.3. The number of amides is 1. The summed E-state index contributed by atoms with van der Waals surface area (Å²) in [6.45, 7) is 4.95. The van der Waals surface area contributed by atoms with Crippen molar-refractivity contribution in [1.29, 1.82) is 0 Å². The molecule has 2 aromatic heterocycles. The van der Waals surface area contributed by atoms with Crippen molar-refractivity contribution in [3.8, 4) is 5.95 Å². The Labute approximate surface area is 170 Å². The van der Waals surface area contributed by atoms with Crippen LogP contribution in [0.25, 0.3) is 5.95 Å². The fourth-order valence-electron chi connectivity index (χ4n) is 4.59. The summed E-state index contributed by atoms with van der Waals surface area (Å²) in [6.07, 6.45) is 12.1. The highest BCUT2D eigenvalue weighted by Gasteiger charge is 2.30. The Hall–Kier alpha value is -2.71. The molecule has 29 heavy (non-hydrogen) atoms. The Kier molecular flexibility index (Phi) is 5.03. The van der Waals surface area contributed by atoms with E-state index in [0.29, 0.717) is 17.8 Å². The van der Waals surface area contributed by atoms with Crippen LogP contribution in [0.4, 0.5) is 11.9 Å². The summed E-state index contributed by atoms with van der Waals surface area (Å²) in [6, 6.07) is 0. The van der Waals surface area contributed by atoms with Gasteiger partial charge in [-0.2, -0.15) is 15.0 Å². The van der Waals surface area contributed by atoms with Crippen molar-refractivity contribution in [3.05, 3.63) is 18.7 Å². The summed E-state index contributed by atoms with van der Waals surface area (Å²) in [7, 11) is 0. The van der Waals surface area contributed by atoms with Gasteiger partial charge in [0.15, 0.2) is 0 Å². The molecule has 0 bridgehead atoms. The number of imidazole rings is 1. The van der Waals surface area contributed by atoms with Gasteiger partial charge in [0.2, 0.25) is 23.8 Å². The lowest BCUT2D eigenvalue weighted by atomic mass is 10.1. The van der Waals surface area contributed by atoms with Crippen molar-refractivity contribution in [3.63, 3.8) is 0 Å². The number of rotatable bonds is 4. The van der Waals surface area contributed by atoms with Crippen molar-refractivity contribution >= 4 is 17.8 Å². The van der Waals surface area contributed by atoms with Gasteiger partial charge in [0.1, 0.15) is 6.33 Å². The van der Waals surface area contributed by atoms with Crippen molar-refractivity contribution in [2.45, 2.75) is 38.5 Å². The molecule has 9 heteroatoms. The van der Waals surface area contributed by atoms with E-state index in [-0.39, 0.29) is 5.92 Å². The zero-order valence-corrected chi connectivity index (χ0v) is 16.8. The number of carbonyl (C=O) groups excluding carboxylic acids is 1. The lowest BCUT2D eigenvalue weighted by molar-refractivity contribution is -0.135. The minimum absolute atomic E-state index is 0.244. The maximum absolute atomic E-state index is 12.7. The first-order valence-electron chi connectivity index (χ1n) is 10.8. The summed E-state index contributed by atoms with van der Waals surface area (Å²) < 4.78 is 1.82. The molecule has 0 N–H and O–H groups in total. The third-order valence-electron chi connectivity index (χ3n) is 6.30. The summed E-state index contributed by atoms with van der Waals surface area (Å²) in [5.41, 5.74) is 0. The van der Waals surface area contributed by atoms with Gasteiger partial charge < -0.3 is 14.7 Å². The van der Waals surface area contributed by atoms with E-state index in [9.17, 15) is 4.79 Å². The Morgan fingerprint density at radius 2 is 1.41 bits per heavy atom. The maximum Gasteiger partial charge on any atom is 0.241 e. The molecule has 1 aliphatic carbocycles. The van der Waals surface area contributed by atoms with Crippen LogP contribution in [0.15, 0.2) is 18.7 Å². The fraction of sp³-hybridized carbons (Fsp3) is 0.650. The Morgan fingerprint density at radius 3 is 2.03 bits per heavy atom. The van der Waals surface area contributed by atoms with Gasteiger partial charge in [0, 0.05) is 57.6 Å². The number of hydrogen-bond donors (Lipinski definition) is 0. The van der Waals surface area contributed by atoms with E-state index < -0.39 is 0 Å². The largest absolute Gasteiger partial charge is 0.341 e. The third kappa shape index (κ3) is 3.77. The molecular formula is C20H28N8O. The van der Waals surface area contributed by atoms with Crippen LogP contribution in [0, 0.1) is 5.92 Å². The van der Waals surface area contributed by atoms with E-state index in [1.54, 1.807) is 12.5 Å². The summed E-state index contributed by atoms with van der Waals surface area (Å²) in [5, 5.41) is 0. The summed E-state index contributed by atoms with van der Waals surface area (Å²) >= 11 is 0. The van der Waals surface area contributed by atoms with E-state index in [2.05, 4.69) is 19.8 Å². The SMILES string of the molecule is O=C(C1CCCC1)N1CCN(c2nc(N3CCCC3)nc(-n3ccnc3)n2)CC1. The smallest absolute Gasteiger partial charge is 0.241 e. The molecule has 0 spiro atoms. The van der Waals surface area contributed by atoms with Gasteiger partial charge in [-0.15, -0.1) is 0 Å². The van der Waals surface area contributed by atoms with E-state index in [1.165, 1.54) is 25.7 Å². The average Bonchev–Trinajstić information content (AvgIpc) is 3.55. The van der Waals surface area contributed by atoms with E-state index in [4.69, 9.17) is 9.97 Å². The molecule has 0 radical (unpaired) electrons. The number of aromatic nitrogens is 5. The molecule has 3 aliphatic rings. The minimum Gasteiger partial charge on any atom is -0.341 e. The first kappa shape index (κ1) is 18.3. The normalized spacial score (nSPS) is 20.6. The number of hydrogen-bond acceptors (Lipinski definition) is 7. The molecule has 4 heterocycles. The Bertz CT molecular complexity index is 834. The van der Waals surface area contributed by atoms with Crippen molar-refractivity contribution in [2.75, 3.05) is 49.1 Å². The van der Waals surface area contributed by atoms with Gasteiger partial charge in [-0.1, -0.05) is 12.8 Å². The number of piperazine rings is 1. The summed E-state index contributed by atoms with van der Waals surface area (Å²) in [5.74, 6) is 2.61. The van der Waals surface area contributed by atoms with Crippen LogP contribution in [-0.2, 0) is 4.79 Å². The highest BCUT2D eigenvalue weighted by molar-refractivity contribution is 5.79. The lowest BCUT2D eigenvalue weighted by Gasteiger charge is -2.36. The van der Waals surface area contributed by atoms with Gasteiger partial charge in [0.25, 0.3) is 0 Å². The second-order valence-corrected chi connectivity index (χ2v) is 8.19. The first-order valence-corrected chi connectivity index (χ1v) is 10.8. The van der Waals surface area contributed by atoms with Crippen LogP contribution >= 0.6 is 0 Å². The van der Waals surface area contributed by atoms with Gasteiger partial charge in [0.05, 0.1) is 0 Å². The van der Waals surface area contributed by atoms with E-state index in [1.807, 2.05) is 15.7 Å². The average molecular weight is 396 g/mol. The topological polar surface area (TPSA) is 83.3 Å². The standard InChI is InChI=1S/C20H28N8O/c29-17(16-5-1-2-6-16)25-11-13-27(14-12-25)19-22-18(26-8-3-4-9-26)23-20(24-19)28-10-7-21-15-28/h7,10,15-16H,1-6,8-9,11-14H2. The number of carbonyl (C=O) groups is 1. The molecule has 3 fully saturated rings. The zero-order chi connectivity index (χ0) is 19.6. The molecule has 1 saturated carbocycles. The maximum atomic E-state index is 12.7. The highest BCUT2D eigenvalue weighted by atomic mass is 16.2. The lowest BCUT2D eigenvalue weighted by Crippen LogP contribution is -2.50. The van der Waals surface area contributed by atoms with Crippen LogP contribution in [0.5, 0.6) is 0 Å². The van der Waals surface area contributed by atoms with Crippen LogP contribution in [0.2, 0.25) is 0 Å². The van der Waals surface area contributed by atoms with Crippen molar-refractivity contribution < 1.29 is 4.79 Å². The third-order valence-corrected chi connectivity index (χ3v) is 6.30. The Balaban J connectivity index is 1.34.